The summed E-state index contributed by atoms with van der Waals surface area (Å²) in [5.41, 5.74) is 4.89. The van der Waals surface area contributed by atoms with Gasteiger partial charge < -0.3 is 10.4 Å². The van der Waals surface area contributed by atoms with Crippen molar-refractivity contribution >= 4 is 16.7 Å². The molecule has 0 radical (unpaired) electrons. The van der Waals surface area contributed by atoms with Crippen LogP contribution in [-0.4, -0.2) is 15.1 Å². The molecule has 0 aliphatic carbocycles. The van der Waals surface area contributed by atoms with Crippen molar-refractivity contribution in [3.63, 3.8) is 0 Å². The van der Waals surface area contributed by atoms with Crippen molar-refractivity contribution in [1.29, 1.82) is 0 Å². The highest BCUT2D eigenvalue weighted by Gasteiger charge is 2.21. The number of phenolic OH excluding ortho intramolecular Hbond substituents is 1. The van der Waals surface area contributed by atoms with Gasteiger partial charge in [-0.25, -0.2) is 4.98 Å². The van der Waals surface area contributed by atoms with Gasteiger partial charge in [0.15, 0.2) is 0 Å². The van der Waals surface area contributed by atoms with Crippen LogP contribution in [0.3, 0.4) is 0 Å². The summed E-state index contributed by atoms with van der Waals surface area (Å²) < 4.78 is 0. The molecule has 2 heterocycles. The SMILES string of the molecule is Cc1ccnc(N[C@@H](c2ccc(C(C)(C)C)cc2)c2ccc3cccnc3c2O)c1. The molecule has 4 rings (SSSR count). The Morgan fingerprint density at radius 2 is 1.67 bits per heavy atom. The number of fused-ring (bicyclic) bond motifs is 1. The van der Waals surface area contributed by atoms with Crippen LogP contribution in [0.25, 0.3) is 10.9 Å². The first-order valence-corrected chi connectivity index (χ1v) is 10.2. The molecule has 0 saturated heterocycles. The van der Waals surface area contributed by atoms with Gasteiger partial charge in [0.2, 0.25) is 0 Å². The summed E-state index contributed by atoms with van der Waals surface area (Å²) in [6, 6.07) is 20.1. The molecule has 152 valence electrons. The zero-order valence-corrected chi connectivity index (χ0v) is 17.8. The molecule has 4 heteroatoms. The Labute approximate surface area is 177 Å². The third kappa shape index (κ3) is 3.99. The van der Waals surface area contributed by atoms with Crippen molar-refractivity contribution in [1.82, 2.24) is 9.97 Å². The number of benzene rings is 2. The van der Waals surface area contributed by atoms with Crippen molar-refractivity contribution in [3.05, 3.63) is 95.3 Å². The van der Waals surface area contributed by atoms with Gasteiger partial charge in [-0.15, -0.1) is 0 Å². The minimum atomic E-state index is -0.264. The van der Waals surface area contributed by atoms with E-state index in [9.17, 15) is 5.11 Å². The van der Waals surface area contributed by atoms with Crippen molar-refractivity contribution in [2.75, 3.05) is 5.32 Å². The molecule has 2 N–H and O–H groups in total. The monoisotopic (exact) mass is 397 g/mol. The average Bonchev–Trinajstić information content (AvgIpc) is 2.72. The Morgan fingerprint density at radius 3 is 2.37 bits per heavy atom. The van der Waals surface area contributed by atoms with Crippen LogP contribution >= 0.6 is 0 Å². The van der Waals surface area contributed by atoms with Gasteiger partial charge in [-0.1, -0.05) is 63.2 Å². The number of pyridine rings is 2. The summed E-state index contributed by atoms with van der Waals surface area (Å²) in [7, 11) is 0. The molecule has 0 aliphatic heterocycles. The van der Waals surface area contributed by atoms with Crippen LogP contribution in [0.2, 0.25) is 0 Å². The van der Waals surface area contributed by atoms with E-state index in [4.69, 9.17) is 0 Å². The number of phenols is 1. The maximum absolute atomic E-state index is 11.1. The number of aromatic nitrogens is 2. The molecule has 0 spiro atoms. The Bertz CT molecular complexity index is 1180. The van der Waals surface area contributed by atoms with Crippen LogP contribution in [0.1, 0.15) is 49.1 Å². The Balaban J connectivity index is 1.82. The first-order chi connectivity index (χ1) is 14.3. The Hall–Kier alpha value is -3.40. The van der Waals surface area contributed by atoms with Gasteiger partial charge in [0.25, 0.3) is 0 Å². The summed E-state index contributed by atoms with van der Waals surface area (Å²) in [4.78, 5) is 8.86. The van der Waals surface area contributed by atoms with Gasteiger partial charge in [-0.2, -0.15) is 0 Å². The molecular weight excluding hydrogens is 370 g/mol. The van der Waals surface area contributed by atoms with Crippen molar-refractivity contribution < 1.29 is 5.11 Å². The van der Waals surface area contributed by atoms with E-state index in [2.05, 4.69) is 60.3 Å². The molecule has 0 aliphatic rings. The molecule has 0 bridgehead atoms. The molecule has 2 aromatic heterocycles. The van der Waals surface area contributed by atoms with E-state index in [1.54, 1.807) is 12.4 Å². The molecule has 0 saturated carbocycles. The lowest BCUT2D eigenvalue weighted by atomic mass is 9.85. The van der Waals surface area contributed by atoms with Gasteiger partial charge in [-0.05, 0) is 47.2 Å². The van der Waals surface area contributed by atoms with Crippen molar-refractivity contribution in [2.45, 2.75) is 39.2 Å². The number of hydrogen-bond acceptors (Lipinski definition) is 4. The van der Waals surface area contributed by atoms with Crippen LogP contribution in [0.15, 0.2) is 73.1 Å². The lowest BCUT2D eigenvalue weighted by Gasteiger charge is -2.24. The summed E-state index contributed by atoms with van der Waals surface area (Å²) in [5, 5.41) is 15.5. The lowest BCUT2D eigenvalue weighted by molar-refractivity contribution is 0.471. The highest BCUT2D eigenvalue weighted by atomic mass is 16.3. The van der Waals surface area contributed by atoms with Gasteiger partial charge in [0.1, 0.15) is 17.1 Å². The summed E-state index contributed by atoms with van der Waals surface area (Å²) >= 11 is 0. The van der Waals surface area contributed by atoms with E-state index in [1.807, 2.05) is 43.3 Å². The lowest BCUT2D eigenvalue weighted by Crippen LogP contribution is -2.15. The van der Waals surface area contributed by atoms with Crippen LogP contribution in [0.5, 0.6) is 5.75 Å². The molecule has 30 heavy (non-hydrogen) atoms. The normalized spacial score (nSPS) is 12.7. The topological polar surface area (TPSA) is 58.0 Å². The second kappa shape index (κ2) is 7.79. The first-order valence-electron chi connectivity index (χ1n) is 10.2. The van der Waals surface area contributed by atoms with Gasteiger partial charge in [-0.3, -0.25) is 4.98 Å². The Kier molecular flexibility index (Phi) is 5.17. The Morgan fingerprint density at radius 1 is 0.900 bits per heavy atom. The number of rotatable bonds is 4. The van der Waals surface area contributed by atoms with Gasteiger partial charge >= 0.3 is 0 Å². The summed E-state index contributed by atoms with van der Waals surface area (Å²) in [6.45, 7) is 8.65. The zero-order valence-electron chi connectivity index (χ0n) is 17.8. The maximum atomic E-state index is 11.1. The second-order valence-corrected chi connectivity index (χ2v) is 8.75. The van der Waals surface area contributed by atoms with Crippen LogP contribution < -0.4 is 5.32 Å². The summed E-state index contributed by atoms with van der Waals surface area (Å²) in [6.07, 6.45) is 3.49. The van der Waals surface area contributed by atoms with Gasteiger partial charge in [0.05, 0.1) is 6.04 Å². The van der Waals surface area contributed by atoms with Crippen LogP contribution in [0.4, 0.5) is 5.82 Å². The fourth-order valence-electron chi connectivity index (χ4n) is 3.66. The number of nitrogens with one attached hydrogen (secondary N) is 1. The third-order valence-electron chi connectivity index (χ3n) is 5.41. The smallest absolute Gasteiger partial charge is 0.147 e. The fourth-order valence-corrected chi connectivity index (χ4v) is 3.66. The standard InChI is InChI=1S/C26H27N3O/c1-17-13-15-27-22(16-17)29-23(19-7-10-20(11-8-19)26(2,3)4)21-12-9-18-6-5-14-28-24(18)25(21)30/h5-16,23,30H,1-4H3,(H,27,29)/t23-/m0/s1. The first kappa shape index (κ1) is 19.9. The minimum absolute atomic E-state index is 0.0779. The van der Waals surface area contributed by atoms with E-state index < -0.39 is 0 Å². The highest BCUT2D eigenvalue weighted by Crippen LogP contribution is 2.37. The largest absolute Gasteiger partial charge is 0.505 e. The number of aromatic hydroxyl groups is 1. The predicted molar refractivity (Wildman–Crippen MR) is 123 cm³/mol. The van der Waals surface area contributed by atoms with E-state index >= 15 is 0 Å². The highest BCUT2D eigenvalue weighted by molar-refractivity contribution is 5.86. The van der Waals surface area contributed by atoms with E-state index in [1.165, 1.54) is 5.56 Å². The zero-order chi connectivity index (χ0) is 21.3. The van der Waals surface area contributed by atoms with E-state index in [0.717, 1.165) is 27.9 Å². The number of anilines is 1. The fraction of sp³-hybridized carbons (Fsp3) is 0.231. The molecule has 0 unspecified atom stereocenters. The predicted octanol–water partition coefficient (Wildman–Crippen LogP) is 6.14. The molecule has 2 aromatic carbocycles. The minimum Gasteiger partial charge on any atom is -0.505 e. The van der Waals surface area contributed by atoms with Gasteiger partial charge in [0, 0.05) is 23.3 Å². The van der Waals surface area contributed by atoms with Crippen LogP contribution in [-0.2, 0) is 5.41 Å². The molecule has 4 nitrogen and oxygen atoms in total. The van der Waals surface area contributed by atoms with Crippen LogP contribution in [0, 0.1) is 6.92 Å². The molecule has 0 fully saturated rings. The molecule has 1 atom stereocenters. The van der Waals surface area contributed by atoms with E-state index in [-0.39, 0.29) is 17.2 Å². The molecule has 0 amide bonds. The van der Waals surface area contributed by atoms with Crippen molar-refractivity contribution in [3.8, 4) is 5.75 Å². The second-order valence-electron chi connectivity index (χ2n) is 8.75. The number of aryl methyl sites for hydroxylation is 1. The number of nitrogens with zero attached hydrogens (tertiary/aromatic N) is 2. The quantitative estimate of drug-likeness (QED) is 0.434. The third-order valence-corrected chi connectivity index (χ3v) is 5.41. The summed E-state index contributed by atoms with van der Waals surface area (Å²) in [5.74, 6) is 0.957. The van der Waals surface area contributed by atoms with E-state index in [0.29, 0.717) is 5.52 Å². The molecular formula is C26H27N3O. The molecule has 4 aromatic rings. The average molecular weight is 398 g/mol. The maximum Gasteiger partial charge on any atom is 0.147 e. The van der Waals surface area contributed by atoms with Crippen molar-refractivity contribution in [2.24, 2.45) is 0 Å². The number of hydrogen-bond donors (Lipinski definition) is 2.